The maximum atomic E-state index is 11.0. The summed E-state index contributed by atoms with van der Waals surface area (Å²) in [5.41, 5.74) is 0. The molecule has 100 valence electrons. The number of nitrogens with zero attached hydrogens (tertiary/aromatic N) is 1. The highest BCUT2D eigenvalue weighted by Crippen LogP contribution is 2.11. The largest absolute Gasteiger partial charge is 0.453 e. The van der Waals surface area contributed by atoms with Crippen molar-refractivity contribution in [3.8, 4) is 0 Å². The molecule has 1 fully saturated rings. The molecule has 4 nitrogen and oxygen atoms in total. The molecule has 1 N–H and O–H groups in total. The Morgan fingerprint density at radius 3 is 2.88 bits per heavy atom. The Morgan fingerprint density at radius 1 is 1.41 bits per heavy atom. The van der Waals surface area contributed by atoms with Gasteiger partial charge in [0.1, 0.15) is 0 Å². The molecular formula is C12H23ClN2O2. The van der Waals surface area contributed by atoms with Gasteiger partial charge < -0.3 is 15.0 Å². The van der Waals surface area contributed by atoms with E-state index in [-0.39, 0.29) is 12.1 Å². The minimum atomic E-state index is -0.320. The van der Waals surface area contributed by atoms with Gasteiger partial charge in [-0.3, -0.25) is 0 Å². The number of unbranched alkanes of at least 4 members (excludes halogenated alkanes) is 3. The molecule has 0 radical (unpaired) electrons. The van der Waals surface area contributed by atoms with Gasteiger partial charge in [0.15, 0.2) is 0 Å². The second-order valence-corrected chi connectivity index (χ2v) is 4.90. The van der Waals surface area contributed by atoms with Crippen LogP contribution in [0.4, 0.5) is 4.79 Å². The fraction of sp³-hybridized carbons (Fsp3) is 0.917. The summed E-state index contributed by atoms with van der Waals surface area (Å²) in [4.78, 5) is 13.4. The lowest BCUT2D eigenvalue weighted by Gasteiger charge is -2.16. The van der Waals surface area contributed by atoms with Crippen molar-refractivity contribution in [1.82, 2.24) is 10.2 Å². The van der Waals surface area contributed by atoms with E-state index in [4.69, 9.17) is 11.6 Å². The van der Waals surface area contributed by atoms with Crippen LogP contribution in [0.15, 0.2) is 0 Å². The van der Waals surface area contributed by atoms with Gasteiger partial charge >= 0.3 is 6.09 Å². The van der Waals surface area contributed by atoms with Crippen molar-refractivity contribution in [2.24, 2.45) is 0 Å². The number of likely N-dealkylation sites (tertiary alicyclic amines) is 1. The van der Waals surface area contributed by atoms with Crippen LogP contribution in [-0.2, 0) is 4.74 Å². The number of methoxy groups -OCH3 is 1. The number of alkyl halides is 1. The Labute approximate surface area is 109 Å². The van der Waals surface area contributed by atoms with E-state index < -0.39 is 0 Å². The van der Waals surface area contributed by atoms with Crippen molar-refractivity contribution >= 4 is 17.7 Å². The highest BCUT2D eigenvalue weighted by atomic mass is 35.5. The van der Waals surface area contributed by atoms with Gasteiger partial charge in [0.2, 0.25) is 0 Å². The Bertz CT molecular complexity index is 227. The van der Waals surface area contributed by atoms with Crippen LogP contribution in [0.1, 0.15) is 32.1 Å². The van der Waals surface area contributed by atoms with Crippen LogP contribution in [0.5, 0.6) is 0 Å². The van der Waals surface area contributed by atoms with Gasteiger partial charge in [-0.1, -0.05) is 12.8 Å². The molecular weight excluding hydrogens is 240 g/mol. The van der Waals surface area contributed by atoms with E-state index in [1.807, 2.05) is 0 Å². The highest BCUT2D eigenvalue weighted by molar-refractivity contribution is 6.17. The maximum absolute atomic E-state index is 11.0. The summed E-state index contributed by atoms with van der Waals surface area (Å²) in [5, 5.41) is 2.85. The quantitative estimate of drug-likeness (QED) is 0.565. The van der Waals surface area contributed by atoms with Crippen LogP contribution in [0.25, 0.3) is 0 Å². The molecule has 0 aromatic carbocycles. The fourth-order valence-corrected chi connectivity index (χ4v) is 2.35. The molecule has 1 heterocycles. The van der Waals surface area contributed by atoms with E-state index in [0.29, 0.717) is 0 Å². The molecule has 1 atom stereocenters. The number of halogens is 1. The van der Waals surface area contributed by atoms with Crippen molar-refractivity contribution in [3.05, 3.63) is 0 Å². The number of hydrogen-bond acceptors (Lipinski definition) is 3. The smallest absolute Gasteiger partial charge is 0.407 e. The number of hydrogen-bond donors (Lipinski definition) is 1. The first-order valence-electron chi connectivity index (χ1n) is 6.39. The number of alkyl carbamates (subject to hydrolysis) is 1. The SMILES string of the molecule is COC(=O)NC1CCN(CCCCCCCl)C1. The predicted octanol–water partition coefficient (Wildman–Crippen LogP) is 2.22. The second kappa shape index (κ2) is 8.59. The van der Waals surface area contributed by atoms with Gasteiger partial charge in [-0.05, 0) is 25.8 Å². The third-order valence-electron chi connectivity index (χ3n) is 3.14. The van der Waals surface area contributed by atoms with Gasteiger partial charge in [0, 0.05) is 25.0 Å². The van der Waals surface area contributed by atoms with Crippen molar-refractivity contribution in [3.63, 3.8) is 0 Å². The molecule has 1 amide bonds. The Kier molecular flexibility index (Phi) is 7.37. The Balaban J connectivity index is 2.03. The summed E-state index contributed by atoms with van der Waals surface area (Å²) in [5.74, 6) is 0.773. The van der Waals surface area contributed by atoms with Crippen LogP contribution in [-0.4, -0.2) is 49.7 Å². The van der Waals surface area contributed by atoms with Gasteiger partial charge in [0.05, 0.1) is 7.11 Å². The van der Waals surface area contributed by atoms with Crippen LogP contribution in [0, 0.1) is 0 Å². The summed E-state index contributed by atoms with van der Waals surface area (Å²) in [6.45, 7) is 3.15. The third-order valence-corrected chi connectivity index (χ3v) is 3.40. The third kappa shape index (κ3) is 6.13. The predicted molar refractivity (Wildman–Crippen MR) is 69.6 cm³/mol. The van der Waals surface area contributed by atoms with E-state index in [0.717, 1.165) is 38.4 Å². The van der Waals surface area contributed by atoms with E-state index >= 15 is 0 Å². The molecule has 1 aliphatic heterocycles. The lowest BCUT2D eigenvalue weighted by Crippen LogP contribution is -2.37. The van der Waals surface area contributed by atoms with Crippen LogP contribution >= 0.6 is 11.6 Å². The van der Waals surface area contributed by atoms with Crippen LogP contribution < -0.4 is 5.32 Å². The molecule has 1 rings (SSSR count). The summed E-state index contributed by atoms with van der Waals surface area (Å²) in [6, 6.07) is 0.255. The monoisotopic (exact) mass is 262 g/mol. The number of carbonyl (C=O) groups excluding carboxylic acids is 1. The minimum absolute atomic E-state index is 0.255. The summed E-state index contributed by atoms with van der Waals surface area (Å²) in [6.07, 6.45) is 5.52. The van der Waals surface area contributed by atoms with Crippen molar-refractivity contribution < 1.29 is 9.53 Å². The average Bonchev–Trinajstić information content (AvgIpc) is 2.76. The highest BCUT2D eigenvalue weighted by Gasteiger charge is 2.23. The zero-order valence-corrected chi connectivity index (χ0v) is 11.3. The molecule has 0 aromatic heterocycles. The molecule has 1 aliphatic rings. The molecule has 0 aliphatic carbocycles. The zero-order chi connectivity index (χ0) is 12.5. The van der Waals surface area contributed by atoms with Crippen molar-refractivity contribution in [2.75, 3.05) is 32.6 Å². The number of amides is 1. The lowest BCUT2D eigenvalue weighted by atomic mass is 10.2. The topological polar surface area (TPSA) is 41.6 Å². The lowest BCUT2D eigenvalue weighted by molar-refractivity contribution is 0.166. The second-order valence-electron chi connectivity index (χ2n) is 4.53. The molecule has 0 saturated carbocycles. The van der Waals surface area contributed by atoms with Crippen LogP contribution in [0.2, 0.25) is 0 Å². The first-order chi connectivity index (χ1) is 8.26. The van der Waals surface area contributed by atoms with Crippen molar-refractivity contribution in [1.29, 1.82) is 0 Å². The summed E-state index contributed by atoms with van der Waals surface area (Å²) in [7, 11) is 1.40. The normalized spacial score (nSPS) is 20.5. The number of rotatable bonds is 7. The fourth-order valence-electron chi connectivity index (χ4n) is 2.16. The molecule has 5 heteroatoms. The summed E-state index contributed by atoms with van der Waals surface area (Å²) >= 11 is 5.63. The Hall–Kier alpha value is -0.480. The molecule has 1 saturated heterocycles. The zero-order valence-electron chi connectivity index (χ0n) is 10.6. The van der Waals surface area contributed by atoms with Crippen LogP contribution in [0.3, 0.4) is 0 Å². The number of carbonyl (C=O) groups is 1. The standard InChI is InChI=1S/C12H23ClN2O2/c1-17-12(16)14-11-6-9-15(10-11)8-5-3-2-4-7-13/h11H,2-10H2,1H3,(H,14,16). The molecule has 0 aromatic rings. The van der Waals surface area contributed by atoms with E-state index in [1.165, 1.54) is 26.4 Å². The van der Waals surface area contributed by atoms with E-state index in [1.54, 1.807) is 0 Å². The number of nitrogens with one attached hydrogen (secondary N) is 1. The molecule has 0 spiro atoms. The minimum Gasteiger partial charge on any atom is -0.453 e. The summed E-state index contributed by atoms with van der Waals surface area (Å²) < 4.78 is 4.59. The van der Waals surface area contributed by atoms with E-state index in [2.05, 4.69) is 15.0 Å². The molecule has 0 bridgehead atoms. The number of ether oxygens (including phenoxy) is 1. The first-order valence-corrected chi connectivity index (χ1v) is 6.92. The van der Waals surface area contributed by atoms with Gasteiger partial charge in [-0.15, -0.1) is 11.6 Å². The van der Waals surface area contributed by atoms with Gasteiger partial charge in [0.25, 0.3) is 0 Å². The average molecular weight is 263 g/mol. The molecule has 1 unspecified atom stereocenters. The van der Waals surface area contributed by atoms with E-state index in [9.17, 15) is 4.79 Å². The van der Waals surface area contributed by atoms with Gasteiger partial charge in [-0.2, -0.15) is 0 Å². The van der Waals surface area contributed by atoms with Crippen molar-refractivity contribution in [2.45, 2.75) is 38.1 Å². The maximum Gasteiger partial charge on any atom is 0.407 e. The molecule has 17 heavy (non-hydrogen) atoms. The first kappa shape index (κ1) is 14.6. The Morgan fingerprint density at radius 2 is 2.18 bits per heavy atom. The van der Waals surface area contributed by atoms with Gasteiger partial charge in [-0.25, -0.2) is 4.79 Å².